The zero-order chi connectivity index (χ0) is 26.2. The van der Waals surface area contributed by atoms with Crippen LogP contribution >= 0.6 is 11.6 Å². The van der Waals surface area contributed by atoms with Crippen LogP contribution in [-0.2, 0) is 13.0 Å². The molecule has 0 unspecified atom stereocenters. The normalized spacial score (nSPS) is 14.5. The maximum atomic E-state index is 14.0. The van der Waals surface area contributed by atoms with Gasteiger partial charge in [0.25, 0.3) is 0 Å². The van der Waals surface area contributed by atoms with Crippen molar-refractivity contribution >= 4 is 23.3 Å². The second kappa shape index (κ2) is 9.88. The van der Waals surface area contributed by atoms with E-state index in [1.807, 2.05) is 108 Å². The third kappa shape index (κ3) is 4.27. The molecule has 0 saturated heterocycles. The average Bonchev–Trinajstić information content (AvgIpc) is 3.50. The first-order valence-corrected chi connectivity index (χ1v) is 13.1. The molecule has 3 heterocycles. The number of halogens is 1. The molecule has 5 aromatic rings. The van der Waals surface area contributed by atoms with Crippen LogP contribution in [0.2, 0.25) is 5.02 Å². The van der Waals surface area contributed by atoms with Crippen molar-refractivity contribution in [3.05, 3.63) is 130 Å². The van der Waals surface area contributed by atoms with Crippen molar-refractivity contribution < 1.29 is 4.79 Å². The molecule has 2 amide bonds. The van der Waals surface area contributed by atoms with Crippen molar-refractivity contribution in [3.8, 4) is 11.5 Å². The van der Waals surface area contributed by atoms with Crippen molar-refractivity contribution in [1.82, 2.24) is 19.2 Å². The van der Waals surface area contributed by atoms with E-state index in [9.17, 15) is 4.79 Å². The number of amides is 2. The van der Waals surface area contributed by atoms with Crippen molar-refractivity contribution in [2.45, 2.75) is 32.9 Å². The van der Waals surface area contributed by atoms with Crippen LogP contribution in [0, 0.1) is 6.92 Å². The zero-order valence-corrected chi connectivity index (χ0v) is 22.1. The fourth-order valence-electron chi connectivity index (χ4n) is 5.16. The van der Waals surface area contributed by atoms with Gasteiger partial charge in [0.05, 0.1) is 29.7 Å². The van der Waals surface area contributed by atoms with Crippen LogP contribution in [0.25, 0.3) is 11.5 Å². The van der Waals surface area contributed by atoms with E-state index in [-0.39, 0.29) is 12.1 Å². The molecular formula is C31H28ClN5O. The molecular weight excluding hydrogens is 494 g/mol. The molecule has 3 aromatic carbocycles. The zero-order valence-electron chi connectivity index (χ0n) is 21.3. The molecule has 1 aliphatic heterocycles. The van der Waals surface area contributed by atoms with Gasteiger partial charge in [0.15, 0.2) is 0 Å². The Morgan fingerprint density at radius 1 is 0.974 bits per heavy atom. The summed E-state index contributed by atoms with van der Waals surface area (Å²) in [5.41, 5.74) is 6.78. The minimum atomic E-state index is -0.340. The Bertz CT molecular complexity index is 1590. The molecule has 6 rings (SSSR count). The molecule has 0 fully saturated rings. The molecule has 6 nitrogen and oxygen atoms in total. The number of nitrogens with zero attached hydrogens (tertiary/aromatic N) is 4. The van der Waals surface area contributed by atoms with Crippen molar-refractivity contribution in [2.75, 3.05) is 5.32 Å². The molecule has 1 atom stereocenters. The Morgan fingerprint density at radius 2 is 1.71 bits per heavy atom. The van der Waals surface area contributed by atoms with Gasteiger partial charge in [0, 0.05) is 22.5 Å². The number of urea groups is 1. The molecule has 0 aliphatic carbocycles. The van der Waals surface area contributed by atoms with Crippen LogP contribution in [0.1, 0.15) is 41.0 Å². The lowest BCUT2D eigenvalue weighted by molar-refractivity contribution is 0.194. The first-order valence-electron chi connectivity index (χ1n) is 12.8. The predicted molar refractivity (Wildman–Crippen MR) is 151 cm³/mol. The van der Waals surface area contributed by atoms with E-state index >= 15 is 0 Å². The smallest absolute Gasteiger partial charge is 0.308 e. The number of aromatic nitrogens is 3. The number of hydrogen-bond acceptors (Lipinski definition) is 2. The predicted octanol–water partition coefficient (Wildman–Crippen LogP) is 7.32. The third-order valence-corrected chi connectivity index (χ3v) is 7.40. The van der Waals surface area contributed by atoms with Gasteiger partial charge < -0.3 is 14.8 Å². The Morgan fingerprint density at radius 3 is 2.42 bits per heavy atom. The minimum Gasteiger partial charge on any atom is -0.308 e. The molecule has 2 aromatic heterocycles. The van der Waals surface area contributed by atoms with Crippen molar-refractivity contribution in [1.29, 1.82) is 0 Å². The van der Waals surface area contributed by atoms with Gasteiger partial charge in [-0.3, -0.25) is 0 Å². The lowest BCUT2D eigenvalue weighted by Gasteiger charge is -2.31. The number of hydrogen-bond donors (Lipinski definition) is 1. The van der Waals surface area contributed by atoms with Crippen LogP contribution in [0.4, 0.5) is 10.5 Å². The first-order chi connectivity index (χ1) is 18.5. The lowest BCUT2D eigenvalue weighted by atomic mass is 10.0. The van der Waals surface area contributed by atoms with Gasteiger partial charge in [-0.2, -0.15) is 5.10 Å². The Hall–Kier alpha value is -4.29. The molecule has 1 aliphatic rings. The monoisotopic (exact) mass is 521 g/mol. The van der Waals surface area contributed by atoms with Crippen LogP contribution in [-0.4, -0.2) is 25.3 Å². The number of carbonyl (C=O) groups excluding carboxylic acids is 1. The summed E-state index contributed by atoms with van der Waals surface area (Å²) >= 11 is 6.25. The van der Waals surface area contributed by atoms with Gasteiger partial charge in [0.2, 0.25) is 0 Å². The molecule has 190 valence electrons. The highest BCUT2D eigenvalue weighted by Crippen LogP contribution is 2.39. The molecule has 0 spiro atoms. The van der Waals surface area contributed by atoms with Crippen LogP contribution in [0.3, 0.4) is 0 Å². The topological polar surface area (TPSA) is 55.1 Å². The fourth-order valence-corrected chi connectivity index (χ4v) is 5.29. The number of carbonyl (C=O) groups is 1. The molecule has 0 saturated carbocycles. The number of anilines is 1. The number of benzene rings is 3. The summed E-state index contributed by atoms with van der Waals surface area (Å²) in [4.78, 5) is 15.9. The van der Waals surface area contributed by atoms with E-state index in [0.717, 1.165) is 46.1 Å². The van der Waals surface area contributed by atoms with E-state index in [1.54, 1.807) is 0 Å². The van der Waals surface area contributed by atoms with Gasteiger partial charge in [-0.1, -0.05) is 61.0 Å². The Kier molecular flexibility index (Phi) is 6.26. The second-order valence-corrected chi connectivity index (χ2v) is 9.94. The number of rotatable bonds is 4. The maximum absolute atomic E-state index is 14.0. The van der Waals surface area contributed by atoms with Crippen LogP contribution in [0.15, 0.2) is 97.2 Å². The summed E-state index contributed by atoms with van der Waals surface area (Å²) in [7, 11) is 0. The van der Waals surface area contributed by atoms with E-state index in [4.69, 9.17) is 16.7 Å². The highest BCUT2D eigenvalue weighted by molar-refractivity contribution is 6.30. The Labute approximate surface area is 227 Å². The largest absolute Gasteiger partial charge is 0.322 e. The van der Waals surface area contributed by atoms with Gasteiger partial charge in [-0.25, -0.2) is 9.48 Å². The SMILES string of the molecule is CCc1ccc(NC(=O)N2Cc3c(C)nn(-c4ccccc4)c3-n3cccc3[C@@H]2c2ccc(Cl)cc2)cc1. The van der Waals surface area contributed by atoms with Crippen LogP contribution < -0.4 is 5.32 Å². The summed E-state index contributed by atoms with van der Waals surface area (Å²) in [5, 5.41) is 8.70. The molecule has 1 N–H and O–H groups in total. The first kappa shape index (κ1) is 24.1. The van der Waals surface area contributed by atoms with E-state index in [0.29, 0.717) is 11.6 Å². The highest BCUT2D eigenvalue weighted by Gasteiger charge is 2.36. The van der Waals surface area contributed by atoms with E-state index < -0.39 is 0 Å². The number of fused-ring (bicyclic) bond motifs is 3. The molecule has 0 radical (unpaired) electrons. The van der Waals surface area contributed by atoms with Gasteiger partial charge >= 0.3 is 6.03 Å². The summed E-state index contributed by atoms with van der Waals surface area (Å²) in [5.74, 6) is 0.940. The average molecular weight is 522 g/mol. The van der Waals surface area contributed by atoms with Gasteiger partial charge in [0.1, 0.15) is 5.82 Å². The Balaban J connectivity index is 1.50. The van der Waals surface area contributed by atoms with E-state index in [1.165, 1.54) is 5.56 Å². The lowest BCUT2D eigenvalue weighted by Crippen LogP contribution is -2.38. The summed E-state index contributed by atoms with van der Waals surface area (Å²) in [6.45, 7) is 4.51. The fraction of sp³-hybridized carbons (Fsp3) is 0.161. The third-order valence-electron chi connectivity index (χ3n) is 7.15. The van der Waals surface area contributed by atoms with Crippen molar-refractivity contribution in [2.24, 2.45) is 0 Å². The summed E-state index contributed by atoms with van der Waals surface area (Å²) in [6.07, 6.45) is 2.99. The van der Waals surface area contributed by atoms with Gasteiger partial charge in [-0.15, -0.1) is 0 Å². The molecule has 7 heteroatoms. The second-order valence-electron chi connectivity index (χ2n) is 9.50. The standard InChI is InChI=1S/C31H28ClN5O/c1-3-22-11-17-25(18-12-22)33-31(38)36-20-27-21(2)34-37(26-8-5-4-6-9-26)30(27)35-19-7-10-28(35)29(36)23-13-15-24(32)16-14-23/h4-19,29H,3,20H2,1-2H3,(H,33,38)/t29-/m0/s1. The number of para-hydroxylation sites is 1. The summed E-state index contributed by atoms with van der Waals surface area (Å²) in [6, 6.07) is 29.4. The minimum absolute atomic E-state index is 0.179. The number of aryl methyl sites for hydroxylation is 2. The molecule has 38 heavy (non-hydrogen) atoms. The quantitative estimate of drug-likeness (QED) is 0.269. The molecule has 0 bridgehead atoms. The van der Waals surface area contributed by atoms with Crippen molar-refractivity contribution in [3.63, 3.8) is 0 Å². The summed E-state index contributed by atoms with van der Waals surface area (Å²) < 4.78 is 4.13. The maximum Gasteiger partial charge on any atom is 0.322 e. The number of nitrogens with one attached hydrogen (secondary N) is 1. The van der Waals surface area contributed by atoms with E-state index in [2.05, 4.69) is 22.9 Å². The van der Waals surface area contributed by atoms with Crippen LogP contribution in [0.5, 0.6) is 0 Å². The highest BCUT2D eigenvalue weighted by atomic mass is 35.5. The van der Waals surface area contributed by atoms with Gasteiger partial charge in [-0.05, 0) is 73.0 Å².